The third-order valence-electron chi connectivity index (χ3n) is 3.30. The predicted octanol–water partition coefficient (Wildman–Crippen LogP) is 3.34. The van der Waals surface area contributed by atoms with Crippen LogP contribution in [0.1, 0.15) is 11.1 Å². The van der Waals surface area contributed by atoms with Gasteiger partial charge >= 0.3 is 0 Å². The van der Waals surface area contributed by atoms with Crippen molar-refractivity contribution in [2.24, 2.45) is 0 Å². The molecule has 1 heterocycles. The second kappa shape index (κ2) is 4.35. The predicted molar refractivity (Wildman–Crippen MR) is 74.1 cm³/mol. The molecular weight excluding hydrogens is 241 g/mol. The van der Waals surface area contributed by atoms with Gasteiger partial charge in [-0.15, -0.1) is 0 Å². The van der Waals surface area contributed by atoms with Crippen LogP contribution in [0.2, 0.25) is 0 Å². The first-order valence-corrected chi connectivity index (χ1v) is 6.02. The van der Waals surface area contributed by atoms with Gasteiger partial charge < -0.3 is 4.90 Å². The Bertz CT molecular complexity index is 691. The molecule has 3 heteroatoms. The molecule has 0 saturated heterocycles. The molecule has 3 rings (SSSR count). The summed E-state index contributed by atoms with van der Waals surface area (Å²) in [6, 6.07) is 14.0. The highest BCUT2D eigenvalue weighted by atomic mass is 19.1. The van der Waals surface area contributed by atoms with E-state index in [1.54, 1.807) is 36.2 Å². The monoisotopic (exact) mass is 253 g/mol. The number of benzene rings is 2. The number of anilines is 1. The Hall–Kier alpha value is -2.42. The average Bonchev–Trinajstić information content (AvgIpc) is 2.67. The van der Waals surface area contributed by atoms with Crippen molar-refractivity contribution < 1.29 is 9.18 Å². The molecule has 0 saturated carbocycles. The van der Waals surface area contributed by atoms with Crippen molar-refractivity contribution in [1.82, 2.24) is 0 Å². The number of carbonyl (C=O) groups is 1. The summed E-state index contributed by atoms with van der Waals surface area (Å²) in [5.41, 5.74) is 2.66. The van der Waals surface area contributed by atoms with Crippen LogP contribution in [-0.2, 0) is 4.79 Å². The first-order chi connectivity index (χ1) is 9.18. The lowest BCUT2D eigenvalue weighted by Gasteiger charge is -2.07. The Morgan fingerprint density at radius 3 is 2.53 bits per heavy atom. The van der Waals surface area contributed by atoms with E-state index in [0.717, 1.165) is 11.3 Å². The van der Waals surface area contributed by atoms with Crippen LogP contribution in [0.15, 0.2) is 48.5 Å². The molecule has 0 spiro atoms. The number of fused-ring (bicyclic) bond motifs is 1. The highest BCUT2D eigenvalue weighted by molar-refractivity contribution is 6.35. The maximum absolute atomic E-state index is 13.7. The van der Waals surface area contributed by atoms with E-state index in [4.69, 9.17) is 0 Å². The summed E-state index contributed by atoms with van der Waals surface area (Å²) < 4.78 is 13.7. The van der Waals surface area contributed by atoms with E-state index in [9.17, 15) is 9.18 Å². The normalized spacial score (nSPS) is 16.0. The number of halogens is 1. The second-order valence-corrected chi connectivity index (χ2v) is 4.46. The molecule has 0 bridgehead atoms. The van der Waals surface area contributed by atoms with Gasteiger partial charge in [0.05, 0.1) is 5.69 Å². The number of amides is 1. The topological polar surface area (TPSA) is 20.3 Å². The SMILES string of the molecule is CN1C(=O)/C(=C\c2ccccc2F)c2ccccc21. The fourth-order valence-corrected chi connectivity index (χ4v) is 2.29. The van der Waals surface area contributed by atoms with Crippen LogP contribution in [0.25, 0.3) is 11.6 Å². The van der Waals surface area contributed by atoms with Gasteiger partial charge in [0.25, 0.3) is 5.91 Å². The second-order valence-electron chi connectivity index (χ2n) is 4.46. The van der Waals surface area contributed by atoms with E-state index < -0.39 is 0 Å². The summed E-state index contributed by atoms with van der Waals surface area (Å²) >= 11 is 0. The van der Waals surface area contributed by atoms with Gasteiger partial charge in [0.1, 0.15) is 5.82 Å². The van der Waals surface area contributed by atoms with Crippen LogP contribution in [-0.4, -0.2) is 13.0 Å². The van der Waals surface area contributed by atoms with Crippen LogP contribution in [0.4, 0.5) is 10.1 Å². The fraction of sp³-hybridized carbons (Fsp3) is 0.0625. The van der Waals surface area contributed by atoms with Crippen molar-refractivity contribution in [3.63, 3.8) is 0 Å². The lowest BCUT2D eigenvalue weighted by atomic mass is 10.0. The third kappa shape index (κ3) is 1.83. The molecule has 94 valence electrons. The largest absolute Gasteiger partial charge is 0.311 e. The van der Waals surface area contributed by atoms with Gasteiger partial charge in [0.15, 0.2) is 0 Å². The van der Waals surface area contributed by atoms with E-state index >= 15 is 0 Å². The Balaban J connectivity index is 2.16. The lowest BCUT2D eigenvalue weighted by molar-refractivity contribution is -0.112. The maximum atomic E-state index is 13.7. The standard InChI is InChI=1S/C16H12FNO/c1-18-15-9-5-3-7-12(15)13(16(18)19)10-11-6-2-4-8-14(11)17/h2-10H,1H3/b13-10-. The zero-order chi connectivity index (χ0) is 13.4. The number of nitrogens with zero attached hydrogens (tertiary/aromatic N) is 1. The molecular formula is C16H12FNO. The molecule has 2 aromatic rings. The number of carbonyl (C=O) groups excluding carboxylic acids is 1. The van der Waals surface area contributed by atoms with Crippen LogP contribution in [0, 0.1) is 5.82 Å². The minimum Gasteiger partial charge on any atom is -0.311 e. The van der Waals surface area contributed by atoms with Gasteiger partial charge in [-0.3, -0.25) is 4.79 Å². The molecule has 0 fully saturated rings. The highest BCUT2D eigenvalue weighted by Crippen LogP contribution is 2.36. The molecule has 0 radical (unpaired) electrons. The van der Waals surface area contributed by atoms with Crippen molar-refractivity contribution in [3.8, 4) is 0 Å². The van der Waals surface area contributed by atoms with Gasteiger partial charge in [0.2, 0.25) is 0 Å². The van der Waals surface area contributed by atoms with Crippen molar-refractivity contribution in [3.05, 3.63) is 65.5 Å². The van der Waals surface area contributed by atoms with Gasteiger partial charge in [-0.1, -0.05) is 36.4 Å². The molecule has 0 unspecified atom stereocenters. The van der Waals surface area contributed by atoms with Crippen LogP contribution in [0.5, 0.6) is 0 Å². The number of likely N-dealkylation sites (N-methyl/N-ethyl adjacent to an activating group) is 1. The van der Waals surface area contributed by atoms with E-state index in [1.807, 2.05) is 24.3 Å². The van der Waals surface area contributed by atoms with Gasteiger partial charge in [0, 0.05) is 23.7 Å². The average molecular weight is 253 g/mol. The molecule has 19 heavy (non-hydrogen) atoms. The molecule has 0 N–H and O–H groups in total. The molecule has 1 aliphatic heterocycles. The summed E-state index contributed by atoms with van der Waals surface area (Å²) in [5, 5.41) is 0. The number of rotatable bonds is 1. The molecule has 2 nitrogen and oxygen atoms in total. The molecule has 1 aliphatic rings. The zero-order valence-electron chi connectivity index (χ0n) is 10.4. The highest BCUT2D eigenvalue weighted by Gasteiger charge is 2.29. The minimum atomic E-state index is -0.324. The quantitative estimate of drug-likeness (QED) is 0.714. The molecule has 0 atom stereocenters. The summed E-state index contributed by atoms with van der Waals surface area (Å²) in [6.07, 6.45) is 1.61. The summed E-state index contributed by atoms with van der Waals surface area (Å²) in [5.74, 6) is -0.431. The first kappa shape index (κ1) is 11.7. The Labute approximate surface area is 110 Å². The smallest absolute Gasteiger partial charge is 0.258 e. The summed E-state index contributed by atoms with van der Waals surface area (Å²) in [4.78, 5) is 13.8. The molecule has 2 aromatic carbocycles. The minimum absolute atomic E-state index is 0.107. The van der Waals surface area contributed by atoms with E-state index in [2.05, 4.69) is 0 Å². The molecule has 1 amide bonds. The fourth-order valence-electron chi connectivity index (χ4n) is 2.29. The van der Waals surface area contributed by atoms with Crippen molar-refractivity contribution in [1.29, 1.82) is 0 Å². The van der Waals surface area contributed by atoms with Crippen LogP contribution >= 0.6 is 0 Å². The summed E-state index contributed by atoms with van der Waals surface area (Å²) in [6.45, 7) is 0. The Morgan fingerprint density at radius 2 is 1.74 bits per heavy atom. The number of hydrogen-bond donors (Lipinski definition) is 0. The van der Waals surface area contributed by atoms with Gasteiger partial charge in [-0.2, -0.15) is 0 Å². The van der Waals surface area contributed by atoms with E-state index in [0.29, 0.717) is 11.1 Å². The first-order valence-electron chi connectivity index (χ1n) is 6.02. The third-order valence-corrected chi connectivity index (χ3v) is 3.30. The molecule has 0 aliphatic carbocycles. The maximum Gasteiger partial charge on any atom is 0.258 e. The van der Waals surface area contributed by atoms with Gasteiger partial charge in [-0.05, 0) is 18.2 Å². The van der Waals surface area contributed by atoms with E-state index in [1.165, 1.54) is 6.07 Å². The lowest BCUT2D eigenvalue weighted by Crippen LogP contribution is -2.20. The van der Waals surface area contributed by atoms with E-state index in [-0.39, 0.29) is 11.7 Å². The summed E-state index contributed by atoms with van der Waals surface area (Å²) in [7, 11) is 1.73. The van der Waals surface area contributed by atoms with Crippen molar-refractivity contribution >= 4 is 23.2 Å². The number of para-hydroxylation sites is 1. The molecule has 0 aromatic heterocycles. The zero-order valence-corrected chi connectivity index (χ0v) is 10.4. The van der Waals surface area contributed by atoms with Crippen LogP contribution in [0.3, 0.4) is 0 Å². The van der Waals surface area contributed by atoms with Crippen molar-refractivity contribution in [2.75, 3.05) is 11.9 Å². The van der Waals surface area contributed by atoms with Crippen molar-refractivity contribution in [2.45, 2.75) is 0 Å². The number of hydrogen-bond acceptors (Lipinski definition) is 1. The Morgan fingerprint density at radius 1 is 1.05 bits per heavy atom. The Kier molecular flexibility index (Phi) is 2.67. The van der Waals surface area contributed by atoms with Gasteiger partial charge in [-0.25, -0.2) is 4.39 Å². The van der Waals surface area contributed by atoms with Crippen LogP contribution < -0.4 is 4.90 Å².